The number of thioether (sulfide) groups is 1. The molecule has 0 spiro atoms. The van der Waals surface area contributed by atoms with Crippen molar-refractivity contribution in [3.8, 4) is 5.75 Å². The van der Waals surface area contributed by atoms with Crippen LogP contribution in [0.15, 0.2) is 71.8 Å². The van der Waals surface area contributed by atoms with Gasteiger partial charge in [-0.15, -0.1) is 11.8 Å². The number of nitrogens with zero attached hydrogens (tertiary/aromatic N) is 1. The maximum absolute atomic E-state index is 12.6. The second kappa shape index (κ2) is 11.5. The highest BCUT2D eigenvalue weighted by Gasteiger charge is 2.30. The van der Waals surface area contributed by atoms with Crippen LogP contribution in [-0.2, 0) is 15.7 Å². The molecule has 0 atom stereocenters. The minimum atomic E-state index is -4.52. The molecular formula is C24H19F3N2O5S. The van der Waals surface area contributed by atoms with E-state index in [0.717, 1.165) is 23.9 Å². The van der Waals surface area contributed by atoms with Gasteiger partial charge >= 0.3 is 12.1 Å². The number of anilines is 1. The molecule has 7 nitrogen and oxygen atoms in total. The summed E-state index contributed by atoms with van der Waals surface area (Å²) in [6, 6.07) is 14.6. The zero-order valence-electron chi connectivity index (χ0n) is 18.3. The van der Waals surface area contributed by atoms with Gasteiger partial charge in [-0.05, 0) is 48.5 Å². The SMILES string of the molecule is COc1ccc(C(=O)COC(=O)c2ccccc2SCC(=O)Nc2ccc(C(F)(F)F)cn2)cc1. The molecule has 1 N–H and O–H groups in total. The summed E-state index contributed by atoms with van der Waals surface area (Å²) in [7, 11) is 1.50. The predicted molar refractivity (Wildman–Crippen MR) is 123 cm³/mol. The van der Waals surface area contributed by atoms with E-state index in [1.165, 1.54) is 13.2 Å². The van der Waals surface area contributed by atoms with Gasteiger partial charge in [0.2, 0.25) is 5.91 Å². The molecule has 0 saturated carbocycles. The van der Waals surface area contributed by atoms with E-state index in [1.54, 1.807) is 42.5 Å². The largest absolute Gasteiger partial charge is 0.497 e. The number of amides is 1. The zero-order valence-corrected chi connectivity index (χ0v) is 19.1. The van der Waals surface area contributed by atoms with E-state index >= 15 is 0 Å². The fourth-order valence-corrected chi connectivity index (χ4v) is 3.63. The number of nitrogens with one attached hydrogen (secondary N) is 1. The van der Waals surface area contributed by atoms with E-state index in [9.17, 15) is 27.6 Å². The highest BCUT2D eigenvalue weighted by atomic mass is 32.2. The molecule has 2 aromatic carbocycles. The molecule has 0 aliphatic carbocycles. The number of aromatic nitrogens is 1. The lowest BCUT2D eigenvalue weighted by Gasteiger charge is -2.10. The Morgan fingerprint density at radius 3 is 2.34 bits per heavy atom. The van der Waals surface area contributed by atoms with E-state index in [0.29, 0.717) is 22.4 Å². The van der Waals surface area contributed by atoms with Crippen LogP contribution in [0, 0.1) is 0 Å². The number of pyridine rings is 1. The van der Waals surface area contributed by atoms with Gasteiger partial charge in [0.05, 0.1) is 24.0 Å². The van der Waals surface area contributed by atoms with E-state index in [-0.39, 0.29) is 17.1 Å². The zero-order chi connectivity index (χ0) is 25.4. The van der Waals surface area contributed by atoms with Crippen molar-refractivity contribution in [1.29, 1.82) is 0 Å². The number of carbonyl (C=O) groups excluding carboxylic acids is 3. The average molecular weight is 504 g/mol. The normalized spacial score (nSPS) is 11.0. The summed E-state index contributed by atoms with van der Waals surface area (Å²) in [6.45, 7) is -0.468. The third-order valence-corrected chi connectivity index (χ3v) is 5.64. The molecular weight excluding hydrogens is 485 g/mol. The Hall–Kier alpha value is -3.86. The molecule has 11 heteroatoms. The molecule has 3 aromatic rings. The van der Waals surface area contributed by atoms with Crippen LogP contribution in [0.5, 0.6) is 5.75 Å². The van der Waals surface area contributed by atoms with Crippen molar-refractivity contribution >= 4 is 35.2 Å². The van der Waals surface area contributed by atoms with Crippen molar-refractivity contribution in [3.63, 3.8) is 0 Å². The predicted octanol–water partition coefficient (Wildman–Crippen LogP) is 4.88. The Morgan fingerprint density at radius 1 is 1.00 bits per heavy atom. The molecule has 1 aromatic heterocycles. The van der Waals surface area contributed by atoms with Crippen molar-refractivity contribution < 1.29 is 37.0 Å². The molecule has 3 rings (SSSR count). The molecule has 0 aliphatic heterocycles. The van der Waals surface area contributed by atoms with Crippen LogP contribution in [0.2, 0.25) is 0 Å². The molecule has 0 fully saturated rings. The minimum Gasteiger partial charge on any atom is -0.497 e. The van der Waals surface area contributed by atoms with Gasteiger partial charge < -0.3 is 14.8 Å². The standard InChI is InChI=1S/C24H19F3N2O5S/c1-33-17-9-6-15(7-10-17)19(30)13-34-23(32)18-4-2-3-5-20(18)35-14-22(31)29-21-11-8-16(12-28-21)24(25,26)27/h2-12H,13-14H2,1H3,(H,28,29,31). The molecule has 35 heavy (non-hydrogen) atoms. The van der Waals surface area contributed by atoms with Crippen molar-refractivity contribution in [2.24, 2.45) is 0 Å². The van der Waals surface area contributed by atoms with Crippen LogP contribution in [0.3, 0.4) is 0 Å². The third-order valence-electron chi connectivity index (χ3n) is 4.57. The highest BCUT2D eigenvalue weighted by Crippen LogP contribution is 2.29. The Labute approximate surface area is 202 Å². The molecule has 1 heterocycles. The van der Waals surface area contributed by atoms with Gasteiger partial charge in [0, 0.05) is 16.7 Å². The first-order chi connectivity index (χ1) is 16.7. The van der Waals surface area contributed by atoms with E-state index in [2.05, 4.69) is 10.3 Å². The number of ketones is 1. The Kier molecular flexibility index (Phi) is 8.48. The number of halogens is 3. The van der Waals surface area contributed by atoms with Gasteiger partial charge in [-0.1, -0.05) is 12.1 Å². The number of hydrogen-bond donors (Lipinski definition) is 1. The first-order valence-electron chi connectivity index (χ1n) is 10.1. The second-order valence-electron chi connectivity index (χ2n) is 6.99. The summed E-state index contributed by atoms with van der Waals surface area (Å²) in [6.07, 6.45) is -3.90. The number of carbonyl (C=O) groups is 3. The fourth-order valence-electron chi connectivity index (χ4n) is 2.79. The summed E-state index contributed by atoms with van der Waals surface area (Å²) in [5.74, 6) is -1.25. The first kappa shape index (κ1) is 25.8. The molecule has 1 amide bonds. The van der Waals surface area contributed by atoms with Gasteiger partial charge in [0.1, 0.15) is 11.6 Å². The fraction of sp³-hybridized carbons (Fsp3) is 0.167. The quantitative estimate of drug-likeness (QED) is 0.252. The van der Waals surface area contributed by atoms with Crippen LogP contribution in [0.25, 0.3) is 0 Å². The van der Waals surface area contributed by atoms with Crippen LogP contribution < -0.4 is 10.1 Å². The summed E-state index contributed by atoms with van der Waals surface area (Å²) in [5, 5.41) is 2.40. The highest BCUT2D eigenvalue weighted by molar-refractivity contribution is 8.00. The monoisotopic (exact) mass is 504 g/mol. The van der Waals surface area contributed by atoms with Crippen LogP contribution in [0.1, 0.15) is 26.3 Å². The lowest BCUT2D eigenvalue weighted by Crippen LogP contribution is -2.17. The number of Topliss-reactive ketones (excluding diaryl/α,β-unsaturated/α-hetero) is 1. The Balaban J connectivity index is 1.55. The van der Waals surface area contributed by atoms with Gasteiger partial charge in [-0.25, -0.2) is 9.78 Å². The van der Waals surface area contributed by atoms with Crippen molar-refractivity contribution in [2.75, 3.05) is 24.8 Å². The maximum Gasteiger partial charge on any atom is 0.417 e. The van der Waals surface area contributed by atoms with Crippen molar-refractivity contribution in [2.45, 2.75) is 11.1 Å². The Bertz CT molecular complexity index is 1200. The van der Waals surface area contributed by atoms with Gasteiger partial charge in [-0.2, -0.15) is 13.2 Å². The van der Waals surface area contributed by atoms with Gasteiger partial charge in [-0.3, -0.25) is 9.59 Å². The minimum absolute atomic E-state index is 0.0339. The number of hydrogen-bond acceptors (Lipinski definition) is 7. The maximum atomic E-state index is 12.6. The molecule has 0 aliphatic rings. The van der Waals surface area contributed by atoms with Gasteiger partial charge in [0.15, 0.2) is 12.4 Å². The number of ether oxygens (including phenoxy) is 2. The van der Waals surface area contributed by atoms with E-state index in [4.69, 9.17) is 9.47 Å². The number of esters is 1. The number of benzene rings is 2. The second-order valence-corrected chi connectivity index (χ2v) is 8.01. The smallest absolute Gasteiger partial charge is 0.417 e. The molecule has 182 valence electrons. The summed E-state index contributed by atoms with van der Waals surface area (Å²) >= 11 is 1.03. The summed E-state index contributed by atoms with van der Waals surface area (Å²) in [4.78, 5) is 41.0. The summed E-state index contributed by atoms with van der Waals surface area (Å²) in [5.41, 5.74) is -0.405. The topological polar surface area (TPSA) is 94.6 Å². The van der Waals surface area contributed by atoms with E-state index in [1.807, 2.05) is 0 Å². The van der Waals surface area contributed by atoms with Crippen LogP contribution in [0.4, 0.5) is 19.0 Å². The molecule has 0 saturated heterocycles. The lowest BCUT2D eigenvalue weighted by molar-refractivity contribution is -0.137. The third kappa shape index (κ3) is 7.31. The number of rotatable bonds is 9. The Morgan fingerprint density at radius 2 is 1.71 bits per heavy atom. The number of alkyl halides is 3. The molecule has 0 radical (unpaired) electrons. The van der Waals surface area contributed by atoms with Crippen LogP contribution in [-0.4, -0.2) is 42.1 Å². The molecule has 0 bridgehead atoms. The molecule has 0 unspecified atom stereocenters. The first-order valence-corrected chi connectivity index (χ1v) is 11.0. The van der Waals surface area contributed by atoms with Gasteiger partial charge in [0.25, 0.3) is 0 Å². The van der Waals surface area contributed by atoms with Crippen LogP contribution >= 0.6 is 11.8 Å². The summed E-state index contributed by atoms with van der Waals surface area (Å²) < 4.78 is 48.0. The lowest BCUT2D eigenvalue weighted by atomic mass is 10.1. The number of methoxy groups -OCH3 is 1. The average Bonchev–Trinajstić information content (AvgIpc) is 2.86. The van der Waals surface area contributed by atoms with Crippen molar-refractivity contribution in [3.05, 3.63) is 83.6 Å². The van der Waals surface area contributed by atoms with Crippen molar-refractivity contribution in [1.82, 2.24) is 4.98 Å². The van der Waals surface area contributed by atoms with E-state index < -0.39 is 36.0 Å².